The van der Waals surface area contributed by atoms with E-state index in [1.807, 2.05) is 0 Å². The van der Waals surface area contributed by atoms with Crippen LogP contribution in [0.1, 0.15) is 25.7 Å². The van der Waals surface area contributed by atoms with Gasteiger partial charge < -0.3 is 31.5 Å². The number of aliphatic carboxylic acids is 1. The molecule has 0 heterocycles. The van der Waals surface area contributed by atoms with Crippen molar-refractivity contribution in [2.75, 3.05) is 20.3 Å². The molecule has 0 spiro atoms. The van der Waals surface area contributed by atoms with E-state index >= 15 is 0 Å². The first-order valence-electron chi connectivity index (χ1n) is 6.72. The molecule has 1 aliphatic carbocycles. The van der Waals surface area contributed by atoms with Gasteiger partial charge in [-0.2, -0.15) is 0 Å². The van der Waals surface area contributed by atoms with Crippen molar-refractivity contribution in [1.82, 2.24) is 0 Å². The van der Waals surface area contributed by atoms with E-state index in [2.05, 4.69) is 4.99 Å². The number of carboxylic acid groups (broad SMARTS) is 1. The summed E-state index contributed by atoms with van der Waals surface area (Å²) in [6, 6.07) is -0.984. The molecule has 120 valence electrons. The maximum atomic E-state index is 11.2. The SMILES string of the molecule is COC1=C(N)C[C@@](O)(CO)C/C1=N\[C@@H](CCCN)C(=O)O. The molecule has 1 aliphatic rings. The van der Waals surface area contributed by atoms with Crippen LogP contribution in [-0.2, 0) is 9.53 Å². The fourth-order valence-corrected chi connectivity index (χ4v) is 2.28. The number of nitrogens with two attached hydrogens (primary N) is 2. The summed E-state index contributed by atoms with van der Waals surface area (Å²) in [6.45, 7) is -0.130. The minimum atomic E-state index is -1.44. The average molecular weight is 301 g/mol. The van der Waals surface area contributed by atoms with Crippen molar-refractivity contribution in [1.29, 1.82) is 0 Å². The Morgan fingerprint density at radius 3 is 2.67 bits per heavy atom. The molecule has 0 unspecified atom stereocenters. The first-order valence-corrected chi connectivity index (χ1v) is 6.72. The summed E-state index contributed by atoms with van der Waals surface area (Å²) in [7, 11) is 1.40. The summed E-state index contributed by atoms with van der Waals surface area (Å²) in [5.41, 5.74) is 10.2. The van der Waals surface area contributed by atoms with Crippen LogP contribution in [0.15, 0.2) is 16.4 Å². The molecule has 7 N–H and O–H groups in total. The monoisotopic (exact) mass is 301 g/mol. The molecule has 21 heavy (non-hydrogen) atoms. The predicted octanol–water partition coefficient (Wildman–Crippen LogP) is -1.05. The van der Waals surface area contributed by atoms with Gasteiger partial charge in [0, 0.05) is 12.8 Å². The summed E-state index contributed by atoms with van der Waals surface area (Å²) >= 11 is 0. The van der Waals surface area contributed by atoms with Gasteiger partial charge in [0.25, 0.3) is 0 Å². The van der Waals surface area contributed by atoms with Crippen LogP contribution in [0.3, 0.4) is 0 Å². The van der Waals surface area contributed by atoms with Gasteiger partial charge in [0.1, 0.15) is 6.04 Å². The molecule has 0 bridgehead atoms. The lowest BCUT2D eigenvalue weighted by Crippen LogP contribution is -2.42. The Balaban J connectivity index is 3.12. The Kier molecular flexibility index (Phi) is 6.13. The van der Waals surface area contributed by atoms with Crippen molar-refractivity contribution in [3.8, 4) is 0 Å². The zero-order chi connectivity index (χ0) is 16.0. The van der Waals surface area contributed by atoms with E-state index in [9.17, 15) is 20.1 Å². The number of methoxy groups -OCH3 is 1. The summed E-state index contributed by atoms with van der Waals surface area (Å²) in [5, 5.41) is 28.7. The fraction of sp³-hybridized carbons (Fsp3) is 0.692. The predicted molar refractivity (Wildman–Crippen MR) is 76.6 cm³/mol. The fourth-order valence-electron chi connectivity index (χ4n) is 2.28. The molecule has 8 heteroatoms. The van der Waals surface area contributed by atoms with Crippen LogP contribution in [-0.4, -0.2) is 58.9 Å². The van der Waals surface area contributed by atoms with Crippen LogP contribution in [0.25, 0.3) is 0 Å². The molecular weight excluding hydrogens is 278 g/mol. The van der Waals surface area contributed by atoms with E-state index in [0.29, 0.717) is 13.0 Å². The first kappa shape index (κ1) is 17.4. The van der Waals surface area contributed by atoms with Crippen molar-refractivity contribution < 1.29 is 24.9 Å². The van der Waals surface area contributed by atoms with E-state index in [4.69, 9.17) is 16.2 Å². The summed E-state index contributed by atoms with van der Waals surface area (Å²) in [5.74, 6) is -0.810. The second kappa shape index (κ2) is 7.39. The van der Waals surface area contributed by atoms with Crippen molar-refractivity contribution in [2.45, 2.75) is 37.3 Å². The largest absolute Gasteiger partial charge is 0.493 e. The smallest absolute Gasteiger partial charge is 0.328 e. The van der Waals surface area contributed by atoms with Crippen molar-refractivity contribution >= 4 is 11.7 Å². The molecule has 0 aliphatic heterocycles. The van der Waals surface area contributed by atoms with Crippen LogP contribution in [0.5, 0.6) is 0 Å². The van der Waals surface area contributed by atoms with Crippen LogP contribution in [0.4, 0.5) is 0 Å². The maximum absolute atomic E-state index is 11.2. The number of hydrogen-bond donors (Lipinski definition) is 5. The van der Waals surface area contributed by atoms with Gasteiger partial charge in [-0.25, -0.2) is 4.79 Å². The molecule has 8 nitrogen and oxygen atoms in total. The lowest BCUT2D eigenvalue weighted by molar-refractivity contribution is -0.138. The third-order valence-electron chi connectivity index (χ3n) is 3.35. The first-order chi connectivity index (χ1) is 9.86. The van der Waals surface area contributed by atoms with Crippen molar-refractivity contribution in [3.05, 3.63) is 11.5 Å². The average Bonchev–Trinajstić information content (AvgIpc) is 2.42. The van der Waals surface area contributed by atoms with E-state index in [0.717, 1.165) is 0 Å². The van der Waals surface area contributed by atoms with Gasteiger partial charge >= 0.3 is 5.97 Å². The molecule has 0 aromatic carbocycles. The van der Waals surface area contributed by atoms with Crippen LogP contribution in [0.2, 0.25) is 0 Å². The minimum absolute atomic E-state index is 0.0141. The van der Waals surface area contributed by atoms with Gasteiger partial charge in [0.2, 0.25) is 0 Å². The summed E-state index contributed by atoms with van der Waals surface area (Å²) < 4.78 is 5.15. The number of aliphatic hydroxyl groups excluding tert-OH is 1. The zero-order valence-corrected chi connectivity index (χ0v) is 12.1. The molecule has 0 fully saturated rings. The number of allylic oxidation sites excluding steroid dienone is 1. The van der Waals surface area contributed by atoms with E-state index in [1.165, 1.54) is 7.11 Å². The van der Waals surface area contributed by atoms with Gasteiger partial charge in [-0.05, 0) is 19.4 Å². The number of hydrogen-bond acceptors (Lipinski definition) is 7. The van der Waals surface area contributed by atoms with E-state index in [-0.39, 0.29) is 36.4 Å². The number of nitrogens with zero attached hydrogens (tertiary/aromatic N) is 1. The molecule has 0 aromatic rings. The van der Waals surface area contributed by atoms with Gasteiger partial charge in [0.05, 0.1) is 30.7 Å². The lowest BCUT2D eigenvalue weighted by atomic mass is 9.85. The van der Waals surface area contributed by atoms with E-state index < -0.39 is 24.2 Å². The maximum Gasteiger partial charge on any atom is 0.328 e. The molecule has 0 saturated heterocycles. The number of aliphatic hydroxyl groups is 2. The molecule has 0 saturated carbocycles. The van der Waals surface area contributed by atoms with Gasteiger partial charge in [-0.1, -0.05) is 0 Å². The molecule has 0 aromatic heterocycles. The molecule has 0 radical (unpaired) electrons. The molecule has 2 atom stereocenters. The van der Waals surface area contributed by atoms with Crippen LogP contribution in [0, 0.1) is 0 Å². The van der Waals surface area contributed by atoms with Gasteiger partial charge in [-0.15, -0.1) is 0 Å². The standard InChI is InChI=1S/C13H23N3O5/c1-21-11-8(15)5-13(20,7-17)6-10(11)16-9(12(18)19)3-2-4-14/h9,17,20H,2-7,14-15H2,1H3,(H,18,19)/b16-10+/t9-,13-/m0/s1. The Morgan fingerprint density at radius 2 is 2.19 bits per heavy atom. The number of carboxylic acids is 1. The highest BCUT2D eigenvalue weighted by Gasteiger charge is 2.37. The van der Waals surface area contributed by atoms with Crippen molar-refractivity contribution in [3.63, 3.8) is 0 Å². The number of rotatable bonds is 7. The van der Waals surface area contributed by atoms with Crippen LogP contribution < -0.4 is 11.5 Å². The molecule has 0 amide bonds. The Hall–Kier alpha value is -1.64. The number of carbonyl (C=O) groups is 1. The molecular formula is C13H23N3O5. The normalized spacial score (nSPS) is 26.0. The quantitative estimate of drug-likeness (QED) is 0.402. The van der Waals surface area contributed by atoms with Crippen molar-refractivity contribution in [2.24, 2.45) is 16.5 Å². The Morgan fingerprint density at radius 1 is 1.52 bits per heavy atom. The van der Waals surface area contributed by atoms with Crippen LogP contribution >= 0.6 is 0 Å². The van der Waals surface area contributed by atoms with Gasteiger partial charge in [-0.3, -0.25) is 4.99 Å². The Labute approximate surface area is 123 Å². The Bertz CT molecular complexity index is 449. The third kappa shape index (κ3) is 4.42. The summed E-state index contributed by atoms with van der Waals surface area (Å²) in [6.07, 6.45) is 0.829. The topological polar surface area (TPSA) is 151 Å². The second-order valence-corrected chi connectivity index (χ2v) is 5.16. The van der Waals surface area contributed by atoms with Gasteiger partial charge in [0.15, 0.2) is 5.76 Å². The highest BCUT2D eigenvalue weighted by Crippen LogP contribution is 2.29. The van der Waals surface area contributed by atoms with E-state index in [1.54, 1.807) is 0 Å². The lowest BCUT2D eigenvalue weighted by Gasteiger charge is -2.32. The number of ether oxygens (including phenoxy) is 1. The number of aliphatic imine (C=N–C) groups is 1. The highest BCUT2D eigenvalue weighted by molar-refractivity contribution is 6.01. The molecule has 1 rings (SSSR count). The summed E-state index contributed by atoms with van der Waals surface area (Å²) in [4.78, 5) is 15.4. The highest BCUT2D eigenvalue weighted by atomic mass is 16.5. The third-order valence-corrected chi connectivity index (χ3v) is 3.35. The second-order valence-electron chi connectivity index (χ2n) is 5.16. The minimum Gasteiger partial charge on any atom is -0.493 e. The zero-order valence-electron chi connectivity index (χ0n) is 12.1.